The van der Waals surface area contributed by atoms with Gasteiger partial charge in [-0.05, 0) is 76.2 Å². The van der Waals surface area contributed by atoms with Crippen LogP contribution in [0.15, 0.2) is 59.5 Å². The first-order chi connectivity index (χ1) is 17.2. The van der Waals surface area contributed by atoms with Gasteiger partial charge in [0, 0.05) is 48.5 Å². The van der Waals surface area contributed by atoms with Crippen molar-refractivity contribution >= 4 is 22.8 Å². The minimum absolute atomic E-state index is 0.0195. The standard InChI is InChI=1S/C31H46N4O/c1-9-17-34(18-15-23(5)10-2)28(12-4)13-14-29(24(6)11-3)33-30(20-26(8)36)27-16-19-35-22-25(7)32-31(35)21-27/h12-14,16,19-24H,9-11,15,17-18H2,1-8H3/b14-13-,28-12+,30-20-,33-29-. The minimum Gasteiger partial charge on any atom is -0.372 e. The van der Waals surface area contributed by atoms with E-state index in [1.54, 1.807) is 13.0 Å². The molecule has 0 radical (unpaired) electrons. The molecule has 0 spiro atoms. The average Bonchev–Trinajstić information content (AvgIpc) is 3.24. The van der Waals surface area contributed by atoms with Crippen molar-refractivity contribution in [2.24, 2.45) is 16.8 Å². The molecule has 2 unspecified atom stereocenters. The highest BCUT2D eigenvalue weighted by atomic mass is 16.1. The topological polar surface area (TPSA) is 50.0 Å². The number of fused-ring (bicyclic) bond motifs is 1. The van der Waals surface area contributed by atoms with Gasteiger partial charge < -0.3 is 9.30 Å². The Balaban J connectivity index is 2.45. The number of aryl methyl sites for hydroxylation is 1. The second kappa shape index (κ2) is 14.6. The normalized spacial score (nSPS) is 15.1. The molecule has 2 atom stereocenters. The molecule has 0 fully saturated rings. The predicted octanol–water partition coefficient (Wildman–Crippen LogP) is 7.67. The van der Waals surface area contributed by atoms with Crippen molar-refractivity contribution in [1.29, 1.82) is 0 Å². The molecule has 0 saturated heterocycles. The zero-order valence-corrected chi connectivity index (χ0v) is 23.7. The number of carbonyl (C=O) groups is 1. The lowest BCUT2D eigenvalue weighted by Gasteiger charge is -2.27. The van der Waals surface area contributed by atoms with Crippen molar-refractivity contribution in [2.45, 2.75) is 81.1 Å². The van der Waals surface area contributed by atoms with Crippen LogP contribution in [0.2, 0.25) is 0 Å². The van der Waals surface area contributed by atoms with Gasteiger partial charge in [-0.2, -0.15) is 0 Å². The van der Waals surface area contributed by atoms with Gasteiger partial charge in [0.15, 0.2) is 5.78 Å². The fourth-order valence-corrected chi connectivity index (χ4v) is 4.08. The first kappa shape index (κ1) is 29.3. The van der Waals surface area contributed by atoms with Crippen LogP contribution in [-0.4, -0.2) is 38.9 Å². The summed E-state index contributed by atoms with van der Waals surface area (Å²) in [5.74, 6) is 0.958. The molecule has 5 heteroatoms. The average molecular weight is 491 g/mol. The number of hydrogen-bond donors (Lipinski definition) is 0. The van der Waals surface area contributed by atoms with Crippen LogP contribution in [0.4, 0.5) is 0 Å². The Hall–Kier alpha value is -2.95. The van der Waals surface area contributed by atoms with Crippen molar-refractivity contribution in [1.82, 2.24) is 14.3 Å². The Bertz CT molecular complexity index is 1120. The van der Waals surface area contributed by atoms with Gasteiger partial charge in [-0.25, -0.2) is 4.98 Å². The van der Waals surface area contributed by atoms with Gasteiger partial charge in [0.05, 0.1) is 11.4 Å². The summed E-state index contributed by atoms with van der Waals surface area (Å²) in [5.41, 5.74) is 5.58. The number of ketones is 1. The van der Waals surface area contributed by atoms with Crippen LogP contribution in [0.3, 0.4) is 0 Å². The van der Waals surface area contributed by atoms with E-state index < -0.39 is 0 Å². The maximum atomic E-state index is 12.1. The molecule has 0 aliphatic carbocycles. The number of aliphatic imine (C=N–C) groups is 1. The van der Waals surface area contributed by atoms with Crippen LogP contribution in [-0.2, 0) is 4.79 Å². The number of nitrogens with zero attached hydrogens (tertiary/aromatic N) is 4. The first-order valence-electron chi connectivity index (χ1n) is 13.6. The molecule has 0 saturated carbocycles. The van der Waals surface area contributed by atoms with E-state index in [4.69, 9.17) is 4.99 Å². The SMILES string of the molecule is C\C=C(/C=C\C(=N\C(=C/C(C)=O)c1ccn2cc(C)nc2c1)C(C)CC)N(CCC)CCC(C)CC. The van der Waals surface area contributed by atoms with Gasteiger partial charge in [-0.15, -0.1) is 0 Å². The predicted molar refractivity (Wildman–Crippen MR) is 154 cm³/mol. The largest absolute Gasteiger partial charge is 0.372 e. The third kappa shape index (κ3) is 8.61. The Morgan fingerprint density at radius 3 is 2.53 bits per heavy atom. The monoisotopic (exact) mass is 490 g/mol. The summed E-state index contributed by atoms with van der Waals surface area (Å²) >= 11 is 0. The molecule has 5 nitrogen and oxygen atoms in total. The van der Waals surface area contributed by atoms with Gasteiger partial charge in [-0.1, -0.05) is 47.1 Å². The summed E-state index contributed by atoms with van der Waals surface area (Å²) in [4.78, 5) is 24.3. The van der Waals surface area contributed by atoms with E-state index >= 15 is 0 Å². The highest BCUT2D eigenvalue weighted by Crippen LogP contribution is 2.22. The van der Waals surface area contributed by atoms with E-state index in [1.165, 1.54) is 18.5 Å². The molecule has 2 aromatic heterocycles. The molecule has 0 bridgehead atoms. The summed E-state index contributed by atoms with van der Waals surface area (Å²) in [6, 6.07) is 4.00. The van der Waals surface area contributed by atoms with Crippen LogP contribution in [0, 0.1) is 18.8 Å². The molecule has 0 aliphatic heterocycles. The van der Waals surface area contributed by atoms with Crippen LogP contribution in [0.5, 0.6) is 0 Å². The molecular formula is C31H46N4O. The summed E-state index contributed by atoms with van der Waals surface area (Å²) in [6.07, 6.45) is 16.6. The summed E-state index contributed by atoms with van der Waals surface area (Å²) in [6.45, 7) is 18.9. The molecule has 36 heavy (non-hydrogen) atoms. The fourth-order valence-electron chi connectivity index (χ4n) is 4.08. The smallest absolute Gasteiger partial charge is 0.154 e. The van der Waals surface area contributed by atoms with Crippen molar-refractivity contribution in [3.63, 3.8) is 0 Å². The van der Waals surface area contributed by atoms with Crippen molar-refractivity contribution in [3.05, 3.63) is 65.8 Å². The molecule has 2 aromatic rings. The van der Waals surface area contributed by atoms with Crippen LogP contribution < -0.4 is 0 Å². The van der Waals surface area contributed by atoms with Crippen LogP contribution in [0.25, 0.3) is 11.3 Å². The molecule has 2 heterocycles. The fraction of sp³-hybridized carbons (Fsp3) is 0.516. The zero-order chi connectivity index (χ0) is 26.7. The number of aromatic nitrogens is 2. The highest BCUT2D eigenvalue weighted by Gasteiger charge is 2.12. The molecule has 0 N–H and O–H groups in total. The van der Waals surface area contributed by atoms with E-state index in [9.17, 15) is 4.79 Å². The number of carbonyl (C=O) groups excluding carboxylic acids is 1. The van der Waals surface area contributed by atoms with Crippen molar-refractivity contribution in [2.75, 3.05) is 13.1 Å². The third-order valence-electron chi connectivity index (χ3n) is 6.75. The lowest BCUT2D eigenvalue weighted by atomic mass is 10.0. The second-order valence-corrected chi connectivity index (χ2v) is 9.89. The quantitative estimate of drug-likeness (QED) is 0.155. The van der Waals surface area contributed by atoms with Gasteiger partial charge in [0.25, 0.3) is 0 Å². The number of hydrogen-bond acceptors (Lipinski definition) is 4. The summed E-state index contributed by atoms with van der Waals surface area (Å²) in [5, 5.41) is 0. The Morgan fingerprint density at radius 2 is 1.92 bits per heavy atom. The van der Waals surface area contributed by atoms with Gasteiger partial charge in [-0.3, -0.25) is 9.79 Å². The number of rotatable bonds is 14. The first-order valence-corrected chi connectivity index (χ1v) is 13.6. The third-order valence-corrected chi connectivity index (χ3v) is 6.75. The maximum Gasteiger partial charge on any atom is 0.154 e. The molecule has 0 aromatic carbocycles. The van der Waals surface area contributed by atoms with Gasteiger partial charge in [0.2, 0.25) is 0 Å². The molecule has 196 valence electrons. The Labute approximate surface area is 218 Å². The zero-order valence-electron chi connectivity index (χ0n) is 23.7. The molecule has 0 aliphatic rings. The van der Waals surface area contributed by atoms with E-state index in [2.05, 4.69) is 69.7 Å². The van der Waals surface area contributed by atoms with E-state index in [0.717, 1.165) is 54.5 Å². The summed E-state index contributed by atoms with van der Waals surface area (Å²) in [7, 11) is 0. The Morgan fingerprint density at radius 1 is 1.17 bits per heavy atom. The van der Waals surface area contributed by atoms with Gasteiger partial charge >= 0.3 is 0 Å². The highest BCUT2D eigenvalue weighted by molar-refractivity contribution is 6.03. The number of imidazole rings is 1. The minimum atomic E-state index is -0.0195. The number of allylic oxidation sites excluding steroid dienone is 4. The maximum absolute atomic E-state index is 12.1. The molecular weight excluding hydrogens is 444 g/mol. The lowest BCUT2D eigenvalue weighted by Crippen LogP contribution is -2.25. The van der Waals surface area contributed by atoms with E-state index in [0.29, 0.717) is 5.70 Å². The van der Waals surface area contributed by atoms with Crippen LogP contribution in [0.1, 0.15) is 85.4 Å². The van der Waals surface area contributed by atoms with Gasteiger partial charge in [0.1, 0.15) is 5.65 Å². The Kier molecular flexibility index (Phi) is 11.9. The van der Waals surface area contributed by atoms with Crippen LogP contribution >= 0.6 is 0 Å². The van der Waals surface area contributed by atoms with Crippen molar-refractivity contribution in [3.8, 4) is 0 Å². The molecule has 0 amide bonds. The number of pyridine rings is 1. The molecule has 2 rings (SSSR count). The van der Waals surface area contributed by atoms with Crippen molar-refractivity contribution < 1.29 is 4.79 Å². The van der Waals surface area contributed by atoms with E-state index in [1.807, 2.05) is 35.9 Å². The second-order valence-electron chi connectivity index (χ2n) is 9.89. The van der Waals surface area contributed by atoms with E-state index in [-0.39, 0.29) is 11.7 Å². The lowest BCUT2D eigenvalue weighted by molar-refractivity contribution is -0.112. The summed E-state index contributed by atoms with van der Waals surface area (Å²) < 4.78 is 1.99.